The summed E-state index contributed by atoms with van der Waals surface area (Å²) in [7, 11) is -15.8. The number of ether oxygens (including phenoxy) is 8. The number of nitrogens with zero attached hydrogens (tertiary/aromatic N) is 5. The maximum Gasteiger partial charge on any atom is 0.406 e. The lowest BCUT2D eigenvalue weighted by atomic mass is 9.97. The van der Waals surface area contributed by atoms with Crippen molar-refractivity contribution in [1.29, 1.82) is 0 Å². The van der Waals surface area contributed by atoms with Gasteiger partial charge < -0.3 is 53.8 Å². The summed E-state index contributed by atoms with van der Waals surface area (Å²) in [6, 6.07) is 2.28. The van der Waals surface area contributed by atoms with Crippen LogP contribution in [0.2, 0.25) is 0 Å². The molecule has 11 N–H and O–H groups in total. The number of hydrogen-bond acceptors (Lipinski definition) is 37. The molecule has 7 fully saturated rings. The molecule has 0 aliphatic carbocycles. The second-order valence-electron chi connectivity index (χ2n) is 36.6. The largest absolute Gasteiger partial charge is 0.464 e. The minimum absolute atomic E-state index is 0.00924. The quantitative estimate of drug-likeness (QED) is 0.00749. The predicted octanol–water partition coefficient (Wildman–Crippen LogP) is 6.74. The van der Waals surface area contributed by atoms with E-state index in [2.05, 4.69) is 40.3 Å². The topological polar surface area (TPSA) is 615 Å². The van der Waals surface area contributed by atoms with E-state index in [-0.39, 0.29) is 123 Å². The molecule has 7 saturated heterocycles. The first kappa shape index (κ1) is 115. The highest BCUT2D eigenvalue weighted by molar-refractivity contribution is 8.13. The van der Waals surface area contributed by atoms with E-state index in [0.29, 0.717) is 0 Å². The molecule has 11 rings (SSSR count). The third kappa shape index (κ3) is 29.4. The van der Waals surface area contributed by atoms with Gasteiger partial charge in [0.15, 0.2) is 30.0 Å². The summed E-state index contributed by atoms with van der Waals surface area (Å²) in [4.78, 5) is 148. The van der Waals surface area contributed by atoms with Gasteiger partial charge >= 0.3 is 77.6 Å². The Morgan fingerprint density at radius 3 is 1.19 bits per heavy atom. The number of nitrogens with two attached hydrogens (primary N) is 1. The molecule has 0 spiro atoms. The van der Waals surface area contributed by atoms with E-state index >= 15 is 0 Å². The number of alkyl halides is 4. The summed E-state index contributed by atoms with van der Waals surface area (Å²) in [6.45, 7) is 34.3. The Morgan fingerprint density at radius 2 is 0.882 bits per heavy atom. The molecule has 4 aromatic heterocycles. The maximum absolute atomic E-state index is 13.6. The minimum atomic E-state index is -4.27. The Bertz CT molecular complexity index is 5100. The van der Waals surface area contributed by atoms with Crippen LogP contribution in [0.15, 0.2) is 82.6 Å². The summed E-state index contributed by atoms with van der Waals surface area (Å²) >= 11 is 27.7. The van der Waals surface area contributed by atoms with Crippen molar-refractivity contribution in [3.63, 3.8) is 0 Å². The van der Waals surface area contributed by atoms with Crippen molar-refractivity contribution in [3.8, 4) is 0 Å². The number of esters is 4. The number of carbonyl (C=O) groups is 5. The van der Waals surface area contributed by atoms with Gasteiger partial charge in [0.1, 0.15) is 100 Å². The van der Waals surface area contributed by atoms with Crippen LogP contribution in [-0.2, 0) is 116 Å². The predicted molar refractivity (Wildman–Crippen MR) is 495 cm³/mol. The van der Waals surface area contributed by atoms with Gasteiger partial charge in [-0.15, -0.1) is 46.4 Å². The molecule has 0 radical (unpaired) electrons. The van der Waals surface area contributed by atoms with Crippen LogP contribution in [-0.4, -0.2) is 241 Å². The zero-order valence-electron chi connectivity index (χ0n) is 78.9. The van der Waals surface area contributed by atoms with E-state index in [1.54, 1.807) is 90.0 Å². The van der Waals surface area contributed by atoms with Gasteiger partial charge in [-0.2, -0.15) is 4.98 Å². The Balaban J connectivity index is 0.000000224. The van der Waals surface area contributed by atoms with Gasteiger partial charge in [-0.05, 0) is 86.1 Å². The highest BCUT2D eigenvalue weighted by Gasteiger charge is 2.64. The van der Waals surface area contributed by atoms with Crippen molar-refractivity contribution in [2.75, 3.05) is 70.9 Å². The number of fused-ring (bicyclic) bond motifs is 3. The number of H-pyrrole nitrogens is 3. The number of carbonyl (C=O) groups excluding carboxylic acids is 5. The molecule has 7 aliphatic heterocycles. The Kier molecular flexibility index (Phi) is 40.2. The van der Waals surface area contributed by atoms with Crippen LogP contribution >= 0.6 is 89.2 Å². The number of nitrogen functional groups attached to an aromatic ring is 1. The van der Waals surface area contributed by atoms with Crippen LogP contribution in [0, 0.1) is 40.9 Å². The Hall–Kier alpha value is -6.02. The summed E-state index contributed by atoms with van der Waals surface area (Å²) < 4.78 is 148. The molecular weight excluding hydrogens is 1980 g/mol. The number of hydrogen-bond donors (Lipinski definition) is 10. The van der Waals surface area contributed by atoms with Crippen molar-refractivity contribution in [2.45, 2.75) is 269 Å². The summed E-state index contributed by atoms with van der Waals surface area (Å²) in [5.41, 5.74) is 0.0838. The number of anilines is 1. The fraction of sp³-hybridized carbons (Fsp3) is 0.738. The van der Waals surface area contributed by atoms with Gasteiger partial charge in [-0.3, -0.25) is 108 Å². The van der Waals surface area contributed by atoms with Crippen molar-refractivity contribution in [2.24, 2.45) is 40.9 Å². The molecule has 136 heavy (non-hydrogen) atoms. The van der Waals surface area contributed by atoms with Crippen LogP contribution in [0.25, 0.3) is 0 Å². The highest BCUT2D eigenvalue weighted by atomic mass is 35.5. The molecule has 0 bridgehead atoms. The molecular formula is C80H125Cl4N13O34P4S. The normalized spacial score (nSPS) is 31.0. The van der Waals surface area contributed by atoms with Gasteiger partial charge in [-0.1, -0.05) is 94.8 Å². The third-order valence-corrected chi connectivity index (χ3v) is 31.6. The molecule has 47 nitrogen and oxygen atoms in total. The van der Waals surface area contributed by atoms with Gasteiger partial charge in [0.05, 0.1) is 87.0 Å². The number of thioether (sulfide) groups is 1. The number of rotatable bonds is 35. The molecule has 4 aromatic rings. The second-order valence-corrected chi connectivity index (χ2v) is 47.9. The van der Waals surface area contributed by atoms with E-state index in [1.807, 2.05) is 41.5 Å². The average Bonchev–Trinajstić information content (AvgIpc) is 1.59. The van der Waals surface area contributed by atoms with Crippen molar-refractivity contribution < 1.29 is 127 Å². The number of aliphatic hydroxyl groups excluding tert-OH is 2. The molecule has 0 aromatic carbocycles. The minimum Gasteiger partial charge on any atom is -0.464 e. The molecule has 11 heterocycles. The number of aliphatic hydroxyl groups is 2. The van der Waals surface area contributed by atoms with Crippen molar-refractivity contribution in [1.82, 2.24) is 58.6 Å². The smallest absolute Gasteiger partial charge is 0.406 e. The van der Waals surface area contributed by atoms with Gasteiger partial charge in [0, 0.05) is 48.7 Å². The van der Waals surface area contributed by atoms with Gasteiger partial charge in [0.2, 0.25) is 0 Å². The first-order valence-electron chi connectivity index (χ1n) is 43.6. The van der Waals surface area contributed by atoms with E-state index in [9.17, 15) is 86.0 Å². The van der Waals surface area contributed by atoms with Gasteiger partial charge in [-0.25, -0.2) is 57.8 Å². The highest BCUT2D eigenvalue weighted by Crippen LogP contribution is 2.61. The first-order valence-corrected chi connectivity index (χ1v) is 52.2. The van der Waals surface area contributed by atoms with Crippen LogP contribution in [0.4, 0.5) is 5.82 Å². The molecule has 24 atom stereocenters. The number of halogens is 4. The summed E-state index contributed by atoms with van der Waals surface area (Å²) in [6.07, 6.45) is -6.73. The number of aromatic amines is 3. The van der Waals surface area contributed by atoms with E-state index in [1.165, 1.54) is 62.9 Å². The molecule has 0 amide bonds. The van der Waals surface area contributed by atoms with Gasteiger partial charge in [0.25, 0.3) is 16.7 Å². The number of nitrogens with one attached hydrogen (secondary N) is 7. The monoisotopic (exact) mass is 2110 g/mol. The molecule has 768 valence electrons. The number of aromatic nitrogens is 8. The fourth-order valence-electron chi connectivity index (χ4n) is 13.8. The fourth-order valence-corrected chi connectivity index (χ4v) is 23.6. The third-order valence-electron chi connectivity index (χ3n) is 22.2. The lowest BCUT2D eigenvalue weighted by Gasteiger charge is -2.37. The lowest BCUT2D eigenvalue weighted by Crippen LogP contribution is -2.48. The first-order chi connectivity index (χ1) is 62.9. The summed E-state index contributed by atoms with van der Waals surface area (Å²) in [5.74, 6) is -2.79. The SMILES string of the molecule is CC(C)C(=O)OC[C@@H](N[P@@]1(=O)OC[C@H]2O[C@@H](n3ccc(=O)[nH]c3=O)[C@](C)(Cl)[C@@H]2O1)C(C)C.CC(C)C(=O)OC[C@@H](N[P@]1(=O)OC[C@H]2O[C@@H](n3ccc(=O)[nH]c3=O)[C@](C)(Cl)[C@@H]2O1)C(C)C.CC(C)C(=O)OC[C@H](N[P@]1(=O)OC[C@H]2O[C@@H](n3ccc(=O)[nH]c3=O)[C@](C)(Cl)[C@@H]2O1)C(C)C.CC(C)OC(=O)C(C)NP(=O)(OCCSC(=O)C(C)(C)CO)OC[C@H]1O[C@@H](n2ccc(N)nc2=O)[C@](C)(Cl)[C@@H]1O. The summed E-state index contributed by atoms with van der Waals surface area (Å²) in [5, 5.41) is 31.0. The van der Waals surface area contributed by atoms with Crippen LogP contribution in [0.1, 0.15) is 170 Å². The van der Waals surface area contributed by atoms with E-state index in [0.717, 1.165) is 30.0 Å². The molecule has 7 aliphatic rings. The standard InChI is InChI=1S/C23H38ClN4O10PS.3C19H29ClN3O8P/c1-13(2)37-18(31)14(3)27-39(34,35-9-10-40-20(32)22(4,5)12-29)36-11-15-17(30)23(6,24)19(38-15)28-8-7-16(25)26-21(28)33;3*1-10(2)12(8-28-16(25)11(3)4)22-32(27)29-9-13-15(31-32)19(5,20)17(30-13)23-7-6-14(24)21-18(23)26/h7-8,13-15,17,19,29-30H,9-12H2,1-6H3,(H,27,34)(H2,25,26,33);3*6-7,10-13,15,17H,8-9H2,1-5H3,(H,22,27)(H,21,24,26)/t14?,15-,17-,19-,23-,39?;12-,13+,15+,17+,19+,32-;12-,13-,15-,17-,19-,32+;12-,13-,15-,17-,19-,32-/m1011/s1. The van der Waals surface area contributed by atoms with Crippen LogP contribution in [0.5, 0.6) is 0 Å². The van der Waals surface area contributed by atoms with E-state index in [4.69, 9.17) is 126 Å². The zero-order valence-corrected chi connectivity index (χ0v) is 86.4. The van der Waals surface area contributed by atoms with Crippen molar-refractivity contribution in [3.05, 3.63) is 122 Å². The zero-order chi connectivity index (χ0) is 102. The lowest BCUT2D eigenvalue weighted by molar-refractivity contribution is -0.149. The maximum atomic E-state index is 13.6. The molecule has 0 saturated carbocycles. The van der Waals surface area contributed by atoms with Crippen LogP contribution < -0.4 is 65.5 Å². The van der Waals surface area contributed by atoms with E-state index < -0.39 is 212 Å². The second kappa shape index (κ2) is 47.5. The Labute approximate surface area is 807 Å². The van der Waals surface area contributed by atoms with Crippen LogP contribution in [0.3, 0.4) is 0 Å². The molecule has 2 unspecified atom stereocenters. The Morgan fingerprint density at radius 1 is 0.544 bits per heavy atom. The molecule has 56 heteroatoms. The van der Waals surface area contributed by atoms with Crippen molar-refractivity contribution >= 4 is 124 Å². The average molecular weight is 2110 g/mol.